The van der Waals surface area contributed by atoms with Crippen LogP contribution >= 0.6 is 11.8 Å². The lowest BCUT2D eigenvalue weighted by molar-refractivity contribution is 0.628. The Morgan fingerprint density at radius 1 is 1.15 bits per heavy atom. The van der Waals surface area contributed by atoms with Gasteiger partial charge in [0.05, 0.1) is 0 Å². The lowest BCUT2D eigenvalue weighted by Crippen LogP contribution is -2.37. The highest BCUT2D eigenvalue weighted by Gasteiger charge is 2.18. The summed E-state index contributed by atoms with van der Waals surface area (Å²) in [6.07, 6.45) is 1.99. The number of unbranched alkanes of at least 4 members (excludes halogenated alkanes) is 1. The molecular weight excluding hydrogens is 355 g/mol. The predicted octanol–water partition coefficient (Wildman–Crippen LogP) is 2.73. The summed E-state index contributed by atoms with van der Waals surface area (Å²) in [7, 11) is 3.00. The molecule has 0 saturated heterocycles. The Labute approximate surface area is 153 Å². The number of benzene rings is 1. The second kappa shape index (κ2) is 7.41. The van der Waals surface area contributed by atoms with Crippen LogP contribution in [0.2, 0.25) is 0 Å². The van der Waals surface area contributed by atoms with E-state index in [0.29, 0.717) is 21.8 Å². The van der Waals surface area contributed by atoms with Gasteiger partial charge in [-0.05, 0) is 24.3 Å². The van der Waals surface area contributed by atoms with E-state index in [0.717, 1.165) is 23.2 Å². The van der Waals surface area contributed by atoms with Crippen molar-refractivity contribution in [2.75, 3.05) is 5.75 Å². The molecule has 1 aromatic carbocycles. The molecule has 0 radical (unpaired) electrons. The van der Waals surface area contributed by atoms with E-state index >= 15 is 0 Å². The molecule has 0 atom stereocenters. The average molecular weight is 374 g/mol. The number of hydrogen-bond acceptors (Lipinski definition) is 5. The zero-order valence-corrected chi connectivity index (χ0v) is 15.6. The first-order valence-electron chi connectivity index (χ1n) is 8.30. The topological polar surface area (TPSA) is 69.8 Å². The van der Waals surface area contributed by atoms with E-state index in [1.165, 1.54) is 35.5 Å². The number of halogens is 1. The van der Waals surface area contributed by atoms with Crippen LogP contribution in [0, 0.1) is 5.82 Å². The Hall–Kier alpha value is -2.48. The minimum Gasteiger partial charge on any atom is -0.280 e. The monoisotopic (exact) mass is 374 g/mol. The van der Waals surface area contributed by atoms with Crippen molar-refractivity contribution >= 4 is 22.8 Å². The lowest BCUT2D eigenvalue weighted by Gasteiger charge is -2.12. The van der Waals surface area contributed by atoms with Crippen molar-refractivity contribution in [3.8, 4) is 11.4 Å². The van der Waals surface area contributed by atoms with E-state index in [1.807, 2.05) is 0 Å². The Morgan fingerprint density at radius 2 is 1.92 bits per heavy atom. The fourth-order valence-corrected chi connectivity index (χ4v) is 3.70. The van der Waals surface area contributed by atoms with E-state index in [9.17, 15) is 14.0 Å². The summed E-state index contributed by atoms with van der Waals surface area (Å²) in [5.74, 6) is 0.681. The third kappa shape index (κ3) is 3.29. The van der Waals surface area contributed by atoms with Crippen LogP contribution in [-0.2, 0) is 14.1 Å². The SMILES string of the molecule is CCCCSc1nc(-c2cccc(F)c2)nc2c1c(=O)n(C)c(=O)n2C. The molecule has 0 N–H and O–H groups in total. The van der Waals surface area contributed by atoms with Crippen molar-refractivity contribution in [2.45, 2.75) is 24.8 Å². The highest BCUT2D eigenvalue weighted by atomic mass is 32.2. The summed E-state index contributed by atoms with van der Waals surface area (Å²) in [6.45, 7) is 2.08. The third-order valence-corrected chi connectivity index (χ3v) is 5.15. The van der Waals surface area contributed by atoms with Crippen molar-refractivity contribution in [2.24, 2.45) is 14.1 Å². The number of rotatable bonds is 5. The van der Waals surface area contributed by atoms with Gasteiger partial charge in [-0.1, -0.05) is 25.5 Å². The van der Waals surface area contributed by atoms with E-state index in [-0.39, 0.29) is 5.65 Å². The first-order valence-corrected chi connectivity index (χ1v) is 9.29. The van der Waals surface area contributed by atoms with Crippen LogP contribution in [0.1, 0.15) is 19.8 Å². The minimum absolute atomic E-state index is 0.256. The van der Waals surface area contributed by atoms with Gasteiger partial charge < -0.3 is 0 Å². The maximum absolute atomic E-state index is 13.6. The van der Waals surface area contributed by atoms with Crippen LogP contribution in [0.3, 0.4) is 0 Å². The molecule has 0 unspecified atom stereocenters. The average Bonchev–Trinajstić information content (AvgIpc) is 2.64. The Kier molecular flexibility index (Phi) is 5.22. The van der Waals surface area contributed by atoms with Crippen molar-refractivity contribution in [3.05, 3.63) is 50.9 Å². The van der Waals surface area contributed by atoms with Crippen molar-refractivity contribution in [1.82, 2.24) is 19.1 Å². The first kappa shape index (κ1) is 18.3. The molecule has 2 heterocycles. The molecule has 136 valence electrons. The fraction of sp³-hybridized carbons (Fsp3) is 0.333. The van der Waals surface area contributed by atoms with Gasteiger partial charge in [0.15, 0.2) is 11.5 Å². The summed E-state index contributed by atoms with van der Waals surface area (Å²) in [5, 5.41) is 0.828. The maximum Gasteiger partial charge on any atom is 0.332 e. The molecule has 0 fully saturated rings. The van der Waals surface area contributed by atoms with Crippen LogP contribution in [0.25, 0.3) is 22.4 Å². The molecule has 3 aromatic rings. The second-order valence-electron chi connectivity index (χ2n) is 5.97. The van der Waals surface area contributed by atoms with E-state index < -0.39 is 17.1 Å². The van der Waals surface area contributed by atoms with Gasteiger partial charge in [0.25, 0.3) is 5.56 Å². The molecule has 2 aromatic heterocycles. The molecule has 0 amide bonds. The maximum atomic E-state index is 13.6. The molecule has 3 rings (SSSR count). The summed E-state index contributed by atoms with van der Waals surface area (Å²) in [6, 6.07) is 5.95. The summed E-state index contributed by atoms with van der Waals surface area (Å²) < 4.78 is 16.0. The van der Waals surface area contributed by atoms with Crippen molar-refractivity contribution in [1.29, 1.82) is 0 Å². The first-order chi connectivity index (χ1) is 12.4. The Balaban J connectivity index is 2.32. The van der Waals surface area contributed by atoms with Crippen LogP contribution in [0.4, 0.5) is 4.39 Å². The normalized spacial score (nSPS) is 11.2. The van der Waals surface area contributed by atoms with Crippen LogP contribution in [-0.4, -0.2) is 24.9 Å². The summed E-state index contributed by atoms with van der Waals surface area (Å²) in [4.78, 5) is 33.8. The van der Waals surface area contributed by atoms with E-state index in [2.05, 4.69) is 16.9 Å². The molecule has 6 nitrogen and oxygen atoms in total. The third-order valence-electron chi connectivity index (χ3n) is 4.09. The molecule has 0 aliphatic heterocycles. The van der Waals surface area contributed by atoms with E-state index in [4.69, 9.17) is 0 Å². The summed E-state index contributed by atoms with van der Waals surface area (Å²) in [5.41, 5.74) is -0.132. The summed E-state index contributed by atoms with van der Waals surface area (Å²) >= 11 is 1.45. The molecule has 0 saturated carbocycles. The fourth-order valence-electron chi connectivity index (χ4n) is 2.60. The molecule has 0 spiro atoms. The standard InChI is InChI=1S/C18H19FN4O2S/c1-4-5-9-26-16-13-15(22(2)18(25)23(3)17(13)24)20-14(21-16)11-7-6-8-12(19)10-11/h6-8,10H,4-5,9H2,1-3H3. The van der Waals surface area contributed by atoms with Crippen LogP contribution in [0.5, 0.6) is 0 Å². The number of hydrogen-bond donors (Lipinski definition) is 0. The van der Waals surface area contributed by atoms with Gasteiger partial charge in [-0.15, -0.1) is 11.8 Å². The van der Waals surface area contributed by atoms with Gasteiger partial charge in [0, 0.05) is 19.7 Å². The second-order valence-corrected chi connectivity index (χ2v) is 7.05. The zero-order valence-electron chi connectivity index (χ0n) is 14.8. The molecule has 0 aliphatic carbocycles. The number of nitrogens with zero attached hydrogens (tertiary/aromatic N) is 4. The number of fused-ring (bicyclic) bond motifs is 1. The Morgan fingerprint density at radius 3 is 2.62 bits per heavy atom. The van der Waals surface area contributed by atoms with Gasteiger partial charge >= 0.3 is 5.69 Å². The molecular formula is C18H19FN4O2S. The number of aromatic nitrogens is 4. The molecule has 26 heavy (non-hydrogen) atoms. The van der Waals surface area contributed by atoms with E-state index in [1.54, 1.807) is 19.2 Å². The minimum atomic E-state index is -0.462. The van der Waals surface area contributed by atoms with Crippen LogP contribution in [0.15, 0.2) is 38.9 Å². The largest absolute Gasteiger partial charge is 0.332 e. The van der Waals surface area contributed by atoms with Gasteiger partial charge in [0.1, 0.15) is 16.2 Å². The lowest BCUT2D eigenvalue weighted by atomic mass is 10.2. The predicted molar refractivity (Wildman–Crippen MR) is 101 cm³/mol. The number of aryl methyl sites for hydroxylation is 1. The molecule has 8 heteroatoms. The zero-order chi connectivity index (χ0) is 18.8. The van der Waals surface area contributed by atoms with Gasteiger partial charge in [-0.25, -0.2) is 19.2 Å². The smallest absolute Gasteiger partial charge is 0.280 e. The number of thioether (sulfide) groups is 1. The van der Waals surface area contributed by atoms with Crippen molar-refractivity contribution in [3.63, 3.8) is 0 Å². The van der Waals surface area contributed by atoms with Crippen LogP contribution < -0.4 is 11.2 Å². The highest BCUT2D eigenvalue weighted by molar-refractivity contribution is 7.99. The Bertz CT molecular complexity index is 1090. The van der Waals surface area contributed by atoms with Gasteiger partial charge in [-0.2, -0.15) is 0 Å². The molecule has 0 bridgehead atoms. The quantitative estimate of drug-likeness (QED) is 0.390. The van der Waals surface area contributed by atoms with Gasteiger partial charge in [0.2, 0.25) is 0 Å². The van der Waals surface area contributed by atoms with Gasteiger partial charge in [-0.3, -0.25) is 13.9 Å². The molecule has 0 aliphatic rings. The highest BCUT2D eigenvalue weighted by Crippen LogP contribution is 2.26. The van der Waals surface area contributed by atoms with Crippen molar-refractivity contribution < 1.29 is 4.39 Å².